The van der Waals surface area contributed by atoms with Crippen LogP contribution in [0.4, 0.5) is 0 Å². The van der Waals surface area contributed by atoms with Gasteiger partial charge in [0, 0.05) is 13.0 Å². The molecule has 31 heavy (non-hydrogen) atoms. The van der Waals surface area contributed by atoms with Crippen LogP contribution in [0.5, 0.6) is 0 Å². The lowest BCUT2D eigenvalue weighted by Crippen LogP contribution is -2.69. The Morgan fingerprint density at radius 1 is 1.39 bits per heavy atom. The summed E-state index contributed by atoms with van der Waals surface area (Å²) in [5.41, 5.74) is -1.30. The summed E-state index contributed by atoms with van der Waals surface area (Å²) >= 11 is 6.30. The maximum Gasteiger partial charge on any atom is 0.344 e. The Morgan fingerprint density at radius 3 is 2.55 bits per heavy atom. The summed E-state index contributed by atoms with van der Waals surface area (Å²) in [5.74, 6) is -1.66. The zero-order chi connectivity index (χ0) is 23.6. The molecular formula is C22H36ClNO6Si. The van der Waals surface area contributed by atoms with E-state index in [1.807, 2.05) is 6.92 Å². The summed E-state index contributed by atoms with van der Waals surface area (Å²) in [7, 11) is -2.14. The van der Waals surface area contributed by atoms with Crippen molar-refractivity contribution in [1.82, 2.24) is 4.90 Å². The topological polar surface area (TPSA) is 82.1 Å². The summed E-state index contributed by atoms with van der Waals surface area (Å²) in [6.45, 7) is 16.5. The standard InChI is InChI=1S/C22H36ClNO6Si/c1-8-11-29-21(27)19(23)24-15(13-16(25)17-10-9-12-28-17)18(20(24)26)14(2)30-31(6,7)22(3,4)5/h8,14-15,17-19H,1,9-13H2,2-7H3/t14-,15-,17-,18-,19?/m1/s1. The van der Waals surface area contributed by atoms with Gasteiger partial charge in [-0.3, -0.25) is 9.59 Å². The molecule has 2 rings (SSSR count). The minimum Gasteiger partial charge on any atom is -0.459 e. The Kier molecular flexibility index (Phi) is 8.52. The van der Waals surface area contributed by atoms with E-state index in [9.17, 15) is 14.4 Å². The fraction of sp³-hybridized carbons (Fsp3) is 0.773. The number of hydrogen-bond donors (Lipinski definition) is 0. The van der Waals surface area contributed by atoms with Gasteiger partial charge in [0.1, 0.15) is 12.7 Å². The number of carbonyl (C=O) groups excluding carboxylic acids is 3. The number of β-lactam (4-membered cyclic amide) rings is 1. The lowest BCUT2D eigenvalue weighted by atomic mass is 9.79. The highest BCUT2D eigenvalue weighted by Crippen LogP contribution is 2.42. The predicted octanol–water partition coefficient (Wildman–Crippen LogP) is 3.66. The van der Waals surface area contributed by atoms with Crippen molar-refractivity contribution in [3.05, 3.63) is 12.7 Å². The Balaban J connectivity index is 2.20. The zero-order valence-electron chi connectivity index (χ0n) is 19.5. The number of amides is 1. The molecule has 2 saturated heterocycles. The van der Waals surface area contributed by atoms with Crippen LogP contribution in [0.3, 0.4) is 0 Å². The van der Waals surface area contributed by atoms with Crippen molar-refractivity contribution in [2.24, 2.45) is 5.92 Å². The zero-order valence-corrected chi connectivity index (χ0v) is 21.2. The Hall–Kier alpha value is -1.22. The highest BCUT2D eigenvalue weighted by atomic mass is 35.5. The van der Waals surface area contributed by atoms with E-state index in [1.54, 1.807) is 0 Å². The highest BCUT2D eigenvalue weighted by Gasteiger charge is 2.56. The van der Waals surface area contributed by atoms with E-state index in [4.69, 9.17) is 25.5 Å². The van der Waals surface area contributed by atoms with Gasteiger partial charge in [-0.05, 0) is 37.9 Å². The van der Waals surface area contributed by atoms with Crippen molar-refractivity contribution in [2.45, 2.75) is 88.8 Å². The number of nitrogens with zero attached hydrogens (tertiary/aromatic N) is 1. The molecule has 2 aliphatic heterocycles. The largest absolute Gasteiger partial charge is 0.459 e. The molecular weight excluding hydrogens is 438 g/mol. The molecule has 2 aliphatic rings. The van der Waals surface area contributed by atoms with E-state index in [0.29, 0.717) is 13.0 Å². The molecule has 5 atom stereocenters. The van der Waals surface area contributed by atoms with Crippen LogP contribution in [-0.4, -0.2) is 67.8 Å². The number of carbonyl (C=O) groups is 3. The quantitative estimate of drug-likeness (QED) is 0.120. The number of alkyl halides is 1. The van der Waals surface area contributed by atoms with Gasteiger partial charge in [-0.25, -0.2) is 4.79 Å². The molecule has 176 valence electrons. The van der Waals surface area contributed by atoms with Crippen molar-refractivity contribution in [3.8, 4) is 0 Å². The first-order chi connectivity index (χ1) is 14.3. The third-order valence-electron chi connectivity index (χ3n) is 6.59. The normalized spacial score (nSPS) is 26.2. The first-order valence-corrected chi connectivity index (χ1v) is 14.2. The molecule has 0 aromatic rings. The number of halogens is 1. The van der Waals surface area contributed by atoms with Gasteiger partial charge in [-0.1, -0.05) is 45.0 Å². The van der Waals surface area contributed by atoms with Gasteiger partial charge >= 0.3 is 5.97 Å². The maximum absolute atomic E-state index is 13.1. The van der Waals surface area contributed by atoms with Crippen molar-refractivity contribution < 1.29 is 28.3 Å². The molecule has 2 heterocycles. The van der Waals surface area contributed by atoms with Crippen molar-refractivity contribution in [1.29, 1.82) is 0 Å². The second-order valence-electron chi connectivity index (χ2n) is 9.85. The minimum atomic E-state index is -2.14. The van der Waals surface area contributed by atoms with Crippen LogP contribution >= 0.6 is 11.6 Å². The number of likely N-dealkylation sites (tertiary alicyclic amines) is 1. The van der Waals surface area contributed by atoms with Crippen molar-refractivity contribution in [3.63, 3.8) is 0 Å². The van der Waals surface area contributed by atoms with Gasteiger partial charge in [-0.15, -0.1) is 0 Å². The molecule has 0 radical (unpaired) electrons. The fourth-order valence-electron chi connectivity index (χ4n) is 3.82. The number of Topliss-reactive ketones (excluding diaryl/α,β-unsaturated/α-hetero) is 1. The molecule has 0 bridgehead atoms. The molecule has 0 aliphatic carbocycles. The SMILES string of the molecule is C=CCOC(=O)C(Cl)N1C(=O)[C@H]([C@@H](C)O[Si](C)(C)C(C)(C)C)[C@H]1CC(=O)[C@H]1CCCO1. The molecule has 9 heteroatoms. The average molecular weight is 474 g/mol. The highest BCUT2D eigenvalue weighted by molar-refractivity contribution is 6.74. The van der Waals surface area contributed by atoms with E-state index in [0.717, 1.165) is 6.42 Å². The molecule has 0 aromatic heterocycles. The first kappa shape index (κ1) is 26.0. The third kappa shape index (κ3) is 5.77. The smallest absolute Gasteiger partial charge is 0.344 e. The van der Waals surface area contributed by atoms with E-state index in [-0.39, 0.29) is 29.8 Å². The van der Waals surface area contributed by atoms with Gasteiger partial charge in [0.2, 0.25) is 11.4 Å². The molecule has 1 amide bonds. The molecule has 0 spiro atoms. The minimum absolute atomic E-state index is 0.00207. The number of ether oxygens (including phenoxy) is 2. The van der Waals surface area contributed by atoms with Crippen LogP contribution in [0, 0.1) is 5.92 Å². The van der Waals surface area contributed by atoms with Crippen molar-refractivity contribution in [2.75, 3.05) is 13.2 Å². The number of ketones is 1. The summed E-state index contributed by atoms with van der Waals surface area (Å²) in [6.07, 6.45) is 2.15. The average Bonchev–Trinajstić information content (AvgIpc) is 3.19. The summed E-state index contributed by atoms with van der Waals surface area (Å²) in [4.78, 5) is 39.4. The van der Waals surface area contributed by atoms with Crippen LogP contribution in [0.25, 0.3) is 0 Å². The van der Waals surface area contributed by atoms with E-state index >= 15 is 0 Å². The van der Waals surface area contributed by atoms with Gasteiger partial charge in [-0.2, -0.15) is 0 Å². The Morgan fingerprint density at radius 2 is 2.03 bits per heavy atom. The van der Waals surface area contributed by atoms with E-state index in [2.05, 4.69) is 40.4 Å². The number of hydrogen-bond acceptors (Lipinski definition) is 6. The molecule has 7 nitrogen and oxygen atoms in total. The van der Waals surface area contributed by atoms with Crippen molar-refractivity contribution >= 4 is 37.6 Å². The van der Waals surface area contributed by atoms with E-state index < -0.39 is 44.0 Å². The molecule has 0 aromatic carbocycles. The third-order valence-corrected chi connectivity index (χ3v) is 11.5. The Labute approximate surface area is 191 Å². The molecule has 2 fully saturated rings. The lowest BCUT2D eigenvalue weighted by Gasteiger charge is -2.52. The first-order valence-electron chi connectivity index (χ1n) is 10.9. The molecule has 0 saturated carbocycles. The van der Waals surface area contributed by atoms with Gasteiger partial charge in [0.15, 0.2) is 14.1 Å². The predicted molar refractivity (Wildman–Crippen MR) is 121 cm³/mol. The van der Waals surface area contributed by atoms with Crippen LogP contribution in [0.15, 0.2) is 12.7 Å². The van der Waals surface area contributed by atoms with E-state index in [1.165, 1.54) is 11.0 Å². The summed E-state index contributed by atoms with van der Waals surface area (Å²) < 4.78 is 17.0. The van der Waals surface area contributed by atoms with Crippen LogP contribution in [-0.2, 0) is 28.3 Å². The number of esters is 1. The van der Waals surface area contributed by atoms with Gasteiger partial charge in [0.05, 0.1) is 18.1 Å². The van der Waals surface area contributed by atoms with Gasteiger partial charge in [0.25, 0.3) is 0 Å². The van der Waals surface area contributed by atoms with Gasteiger partial charge < -0.3 is 18.8 Å². The maximum atomic E-state index is 13.1. The second kappa shape index (κ2) is 10.1. The van der Waals surface area contributed by atoms with Crippen LogP contribution < -0.4 is 0 Å². The lowest BCUT2D eigenvalue weighted by molar-refractivity contribution is -0.174. The van der Waals surface area contributed by atoms with Crippen LogP contribution in [0.2, 0.25) is 18.1 Å². The Bertz CT molecular complexity index is 701. The second-order valence-corrected chi connectivity index (χ2v) is 15.0. The van der Waals surface area contributed by atoms with Crippen LogP contribution in [0.1, 0.15) is 47.0 Å². The molecule has 0 N–H and O–H groups in total. The monoisotopic (exact) mass is 473 g/mol. The summed E-state index contributed by atoms with van der Waals surface area (Å²) in [6, 6.07) is -0.539. The molecule has 1 unspecified atom stereocenters. The fourth-order valence-corrected chi connectivity index (χ4v) is 5.55. The number of rotatable bonds is 10. The summed E-state index contributed by atoms with van der Waals surface area (Å²) in [5, 5.41) is -0.0275.